The molecule has 0 spiro atoms. The fraction of sp³-hybridized carbons (Fsp3) is 0.600. The molecular weight excluding hydrogens is 272 g/mol. The van der Waals surface area contributed by atoms with Crippen LogP contribution in [0.4, 0.5) is 0 Å². The Balaban J connectivity index is 2.17. The molecule has 5 heteroatoms. The number of sulfonamides is 1. The van der Waals surface area contributed by atoms with Crippen molar-refractivity contribution in [2.45, 2.75) is 63.1 Å². The molecule has 1 saturated carbocycles. The third kappa shape index (κ3) is 4.04. The quantitative estimate of drug-likeness (QED) is 0.847. The second-order valence-electron chi connectivity index (χ2n) is 5.75. The second-order valence-corrected chi connectivity index (χ2v) is 7.43. The van der Waals surface area contributed by atoms with E-state index in [9.17, 15) is 8.42 Å². The van der Waals surface area contributed by atoms with Crippen LogP contribution >= 0.6 is 0 Å². The van der Waals surface area contributed by atoms with Crippen LogP contribution < -0.4 is 10.0 Å². The average molecular weight is 296 g/mol. The number of nitrogens with one attached hydrogen (secondary N) is 2. The van der Waals surface area contributed by atoms with Gasteiger partial charge in [0, 0.05) is 18.6 Å². The summed E-state index contributed by atoms with van der Waals surface area (Å²) in [6, 6.07) is 7.65. The molecule has 1 aliphatic rings. The van der Waals surface area contributed by atoms with Crippen LogP contribution in [0, 0.1) is 0 Å². The maximum absolute atomic E-state index is 12.5. The monoisotopic (exact) mass is 296 g/mol. The summed E-state index contributed by atoms with van der Waals surface area (Å²) in [5, 5.41) is 3.28. The van der Waals surface area contributed by atoms with Crippen LogP contribution in [0.25, 0.3) is 0 Å². The molecule has 0 aliphatic heterocycles. The van der Waals surface area contributed by atoms with Gasteiger partial charge in [0.1, 0.15) is 0 Å². The fourth-order valence-corrected chi connectivity index (χ4v) is 4.10. The molecule has 1 fully saturated rings. The summed E-state index contributed by atoms with van der Waals surface area (Å²) in [5.74, 6) is 0. The normalized spacial score (nSPS) is 16.9. The Morgan fingerprint density at radius 2 is 1.85 bits per heavy atom. The summed E-state index contributed by atoms with van der Waals surface area (Å²) < 4.78 is 27.9. The van der Waals surface area contributed by atoms with Crippen molar-refractivity contribution >= 4 is 10.0 Å². The van der Waals surface area contributed by atoms with Gasteiger partial charge < -0.3 is 5.32 Å². The van der Waals surface area contributed by atoms with Gasteiger partial charge in [0.05, 0.1) is 4.90 Å². The van der Waals surface area contributed by atoms with Crippen molar-refractivity contribution in [3.8, 4) is 0 Å². The van der Waals surface area contributed by atoms with Crippen molar-refractivity contribution in [3.63, 3.8) is 0 Å². The van der Waals surface area contributed by atoms with E-state index in [4.69, 9.17) is 0 Å². The zero-order chi connectivity index (χ0) is 14.6. The average Bonchev–Trinajstić information content (AvgIpc) is 2.88. The van der Waals surface area contributed by atoms with Crippen molar-refractivity contribution in [1.29, 1.82) is 0 Å². The molecule has 0 aromatic heterocycles. The van der Waals surface area contributed by atoms with Gasteiger partial charge in [0.15, 0.2) is 0 Å². The third-order valence-corrected chi connectivity index (χ3v) is 5.26. The lowest BCUT2D eigenvalue weighted by Crippen LogP contribution is -2.33. The summed E-state index contributed by atoms with van der Waals surface area (Å²) in [4.78, 5) is 0.403. The van der Waals surface area contributed by atoms with Crippen LogP contribution in [-0.2, 0) is 16.6 Å². The summed E-state index contributed by atoms with van der Waals surface area (Å²) in [6.45, 7) is 4.67. The number of rotatable bonds is 6. The van der Waals surface area contributed by atoms with Crippen molar-refractivity contribution in [3.05, 3.63) is 29.8 Å². The molecule has 20 heavy (non-hydrogen) atoms. The molecule has 0 atom stereocenters. The Kier molecular flexibility index (Phi) is 5.18. The van der Waals surface area contributed by atoms with E-state index in [1.54, 1.807) is 12.1 Å². The van der Waals surface area contributed by atoms with E-state index in [2.05, 4.69) is 10.0 Å². The number of hydrogen-bond donors (Lipinski definition) is 2. The molecule has 0 saturated heterocycles. The van der Waals surface area contributed by atoms with Gasteiger partial charge in [0.25, 0.3) is 0 Å². The van der Waals surface area contributed by atoms with E-state index < -0.39 is 10.0 Å². The maximum Gasteiger partial charge on any atom is 0.241 e. The van der Waals surface area contributed by atoms with Gasteiger partial charge in [-0.05, 0) is 24.5 Å². The first kappa shape index (κ1) is 15.5. The highest BCUT2D eigenvalue weighted by Crippen LogP contribution is 2.22. The Bertz CT molecular complexity index is 535. The van der Waals surface area contributed by atoms with E-state index >= 15 is 0 Å². The second kappa shape index (κ2) is 6.70. The van der Waals surface area contributed by atoms with Crippen molar-refractivity contribution < 1.29 is 8.42 Å². The van der Waals surface area contributed by atoms with Crippen LogP contribution in [0.3, 0.4) is 0 Å². The van der Waals surface area contributed by atoms with Crippen molar-refractivity contribution in [1.82, 2.24) is 10.0 Å². The molecule has 0 radical (unpaired) electrons. The van der Waals surface area contributed by atoms with Gasteiger partial charge in [-0.2, -0.15) is 0 Å². The standard InChI is InChI=1S/C15H24N2O2S/c1-12(2)16-11-13-7-3-6-10-15(13)20(18,19)17-14-8-4-5-9-14/h3,6-7,10,12,14,16-17H,4-5,8-9,11H2,1-2H3. The maximum atomic E-state index is 12.5. The smallest absolute Gasteiger partial charge is 0.241 e. The van der Waals surface area contributed by atoms with E-state index in [1.165, 1.54) is 0 Å². The van der Waals surface area contributed by atoms with Crippen molar-refractivity contribution in [2.75, 3.05) is 0 Å². The lowest BCUT2D eigenvalue weighted by atomic mass is 10.2. The molecule has 2 N–H and O–H groups in total. The first-order chi connectivity index (χ1) is 9.49. The number of hydrogen-bond acceptors (Lipinski definition) is 3. The Hall–Kier alpha value is -0.910. The van der Waals surface area contributed by atoms with Crippen LogP contribution in [0.5, 0.6) is 0 Å². The molecule has 0 heterocycles. The zero-order valence-electron chi connectivity index (χ0n) is 12.2. The summed E-state index contributed by atoms with van der Waals surface area (Å²) in [5.41, 5.74) is 0.826. The topological polar surface area (TPSA) is 58.2 Å². The molecular formula is C15H24N2O2S. The zero-order valence-corrected chi connectivity index (χ0v) is 13.0. The summed E-state index contributed by atoms with van der Waals surface area (Å²) >= 11 is 0. The highest BCUT2D eigenvalue weighted by atomic mass is 32.2. The minimum Gasteiger partial charge on any atom is -0.310 e. The molecule has 0 amide bonds. The van der Waals surface area contributed by atoms with Gasteiger partial charge in [-0.3, -0.25) is 0 Å². The lowest BCUT2D eigenvalue weighted by molar-refractivity contribution is 0.546. The predicted octanol–water partition coefficient (Wildman–Crippen LogP) is 2.41. The molecule has 1 aromatic rings. The molecule has 112 valence electrons. The number of benzene rings is 1. The van der Waals surface area contributed by atoms with E-state index in [-0.39, 0.29) is 6.04 Å². The fourth-order valence-electron chi connectivity index (χ4n) is 2.55. The molecule has 4 nitrogen and oxygen atoms in total. The lowest BCUT2D eigenvalue weighted by Gasteiger charge is -2.16. The molecule has 1 aromatic carbocycles. The highest BCUT2D eigenvalue weighted by molar-refractivity contribution is 7.89. The van der Waals surface area contributed by atoms with Crippen LogP contribution in [0.1, 0.15) is 45.1 Å². The van der Waals surface area contributed by atoms with E-state index in [0.717, 1.165) is 31.2 Å². The van der Waals surface area contributed by atoms with Gasteiger partial charge in [0.2, 0.25) is 10.0 Å². The Morgan fingerprint density at radius 1 is 1.20 bits per heavy atom. The van der Waals surface area contributed by atoms with Crippen LogP contribution in [-0.4, -0.2) is 20.5 Å². The highest BCUT2D eigenvalue weighted by Gasteiger charge is 2.24. The van der Waals surface area contributed by atoms with Crippen molar-refractivity contribution in [2.24, 2.45) is 0 Å². The van der Waals surface area contributed by atoms with E-state index in [1.807, 2.05) is 26.0 Å². The minimum absolute atomic E-state index is 0.103. The largest absolute Gasteiger partial charge is 0.310 e. The van der Waals surface area contributed by atoms with Crippen LogP contribution in [0.2, 0.25) is 0 Å². The minimum atomic E-state index is -3.41. The predicted molar refractivity (Wildman–Crippen MR) is 81.0 cm³/mol. The molecule has 1 aliphatic carbocycles. The molecule has 2 rings (SSSR count). The summed E-state index contributed by atoms with van der Waals surface area (Å²) in [6.07, 6.45) is 4.13. The van der Waals surface area contributed by atoms with E-state index in [0.29, 0.717) is 17.5 Å². The molecule has 0 bridgehead atoms. The van der Waals surface area contributed by atoms with Crippen LogP contribution in [0.15, 0.2) is 29.2 Å². The van der Waals surface area contributed by atoms with Gasteiger partial charge >= 0.3 is 0 Å². The first-order valence-electron chi connectivity index (χ1n) is 7.32. The molecule has 0 unspecified atom stereocenters. The van der Waals surface area contributed by atoms with Gasteiger partial charge in [-0.1, -0.05) is 44.9 Å². The Morgan fingerprint density at radius 3 is 2.50 bits per heavy atom. The van der Waals surface area contributed by atoms with Gasteiger partial charge in [-0.15, -0.1) is 0 Å². The summed E-state index contributed by atoms with van der Waals surface area (Å²) in [7, 11) is -3.41. The first-order valence-corrected chi connectivity index (χ1v) is 8.81. The third-order valence-electron chi connectivity index (χ3n) is 3.64. The Labute approximate surface area is 122 Å². The SMILES string of the molecule is CC(C)NCc1ccccc1S(=O)(=O)NC1CCCC1. The van der Waals surface area contributed by atoms with Gasteiger partial charge in [-0.25, -0.2) is 13.1 Å².